The van der Waals surface area contributed by atoms with Gasteiger partial charge in [0.1, 0.15) is 0 Å². The smallest absolute Gasteiger partial charge is 0.0676 e. The molecule has 0 aromatic carbocycles. The van der Waals surface area contributed by atoms with E-state index in [2.05, 4.69) is 20.8 Å². The quantitative estimate of drug-likeness (QED) is 0.699. The van der Waals surface area contributed by atoms with Crippen molar-refractivity contribution >= 4 is 0 Å². The summed E-state index contributed by atoms with van der Waals surface area (Å²) in [6.45, 7) is 7.06. The van der Waals surface area contributed by atoms with Crippen LogP contribution in [-0.4, -0.2) is 10.7 Å². The van der Waals surface area contributed by atoms with Crippen molar-refractivity contribution in [3.05, 3.63) is 0 Å². The first-order chi connectivity index (χ1) is 9.05. The van der Waals surface area contributed by atoms with Crippen LogP contribution in [0.1, 0.15) is 85.0 Å². The van der Waals surface area contributed by atoms with Crippen LogP contribution < -0.4 is 0 Å². The average molecular weight is 266 g/mol. The molecule has 2 fully saturated rings. The standard InChI is InChI=1S/C18H34O/c1-4-6-16-7-5-11-18(19,12-10-16)17-9-8-14(2)15(3)13-17/h14-17,19H,4-13H2,1-3H3. The Kier molecular flexibility index (Phi) is 5.34. The molecule has 0 aromatic rings. The molecule has 0 amide bonds. The zero-order valence-electron chi connectivity index (χ0n) is 13.3. The Morgan fingerprint density at radius 2 is 1.79 bits per heavy atom. The van der Waals surface area contributed by atoms with Crippen molar-refractivity contribution in [2.75, 3.05) is 0 Å². The molecule has 0 heterocycles. The third-order valence-electron chi connectivity index (χ3n) is 6.26. The van der Waals surface area contributed by atoms with Gasteiger partial charge in [-0.3, -0.25) is 0 Å². The predicted molar refractivity (Wildman–Crippen MR) is 82.1 cm³/mol. The number of rotatable bonds is 3. The van der Waals surface area contributed by atoms with Crippen LogP contribution >= 0.6 is 0 Å². The fourth-order valence-corrected chi connectivity index (χ4v) is 4.56. The van der Waals surface area contributed by atoms with Gasteiger partial charge < -0.3 is 5.11 Å². The van der Waals surface area contributed by atoms with Gasteiger partial charge >= 0.3 is 0 Å². The summed E-state index contributed by atoms with van der Waals surface area (Å²) in [4.78, 5) is 0. The summed E-state index contributed by atoms with van der Waals surface area (Å²) in [7, 11) is 0. The summed E-state index contributed by atoms with van der Waals surface area (Å²) in [5.74, 6) is 3.13. The second-order valence-electron chi connectivity index (χ2n) is 7.65. The van der Waals surface area contributed by atoms with Crippen LogP contribution in [0.2, 0.25) is 0 Å². The van der Waals surface area contributed by atoms with Crippen molar-refractivity contribution in [3.63, 3.8) is 0 Å². The maximum Gasteiger partial charge on any atom is 0.0676 e. The number of hydrogen-bond donors (Lipinski definition) is 1. The van der Waals surface area contributed by atoms with Gasteiger partial charge in [0.05, 0.1) is 5.60 Å². The highest BCUT2D eigenvalue weighted by Gasteiger charge is 2.41. The Morgan fingerprint density at radius 3 is 2.47 bits per heavy atom. The van der Waals surface area contributed by atoms with E-state index in [0.29, 0.717) is 5.92 Å². The predicted octanol–water partition coefficient (Wildman–Crippen LogP) is 5.17. The van der Waals surface area contributed by atoms with Gasteiger partial charge in [0.15, 0.2) is 0 Å². The molecule has 112 valence electrons. The third kappa shape index (κ3) is 3.74. The lowest BCUT2D eigenvalue weighted by molar-refractivity contribution is -0.0588. The van der Waals surface area contributed by atoms with Crippen LogP contribution in [0.25, 0.3) is 0 Å². The molecule has 1 heteroatoms. The van der Waals surface area contributed by atoms with Crippen LogP contribution in [0.5, 0.6) is 0 Å². The molecular weight excluding hydrogens is 232 g/mol. The molecule has 1 nitrogen and oxygen atoms in total. The van der Waals surface area contributed by atoms with Gasteiger partial charge in [-0.25, -0.2) is 0 Å². The molecule has 0 radical (unpaired) electrons. The summed E-state index contributed by atoms with van der Waals surface area (Å²) in [5.41, 5.74) is -0.323. The Morgan fingerprint density at radius 1 is 1.00 bits per heavy atom. The lowest BCUT2D eigenvalue weighted by Gasteiger charge is -2.42. The van der Waals surface area contributed by atoms with E-state index in [-0.39, 0.29) is 5.60 Å². The van der Waals surface area contributed by atoms with Crippen LogP contribution in [0, 0.1) is 23.7 Å². The van der Waals surface area contributed by atoms with Crippen molar-refractivity contribution in [2.45, 2.75) is 90.6 Å². The molecule has 0 aliphatic heterocycles. The Labute approximate surface area is 120 Å². The summed E-state index contributed by atoms with van der Waals surface area (Å²) < 4.78 is 0. The van der Waals surface area contributed by atoms with Crippen molar-refractivity contribution in [1.82, 2.24) is 0 Å². The molecule has 19 heavy (non-hydrogen) atoms. The van der Waals surface area contributed by atoms with E-state index < -0.39 is 0 Å². The first-order valence-electron chi connectivity index (χ1n) is 8.77. The monoisotopic (exact) mass is 266 g/mol. The van der Waals surface area contributed by atoms with Gasteiger partial charge in [-0.15, -0.1) is 0 Å². The first kappa shape index (κ1) is 15.4. The first-order valence-corrected chi connectivity index (χ1v) is 8.77. The van der Waals surface area contributed by atoms with Gasteiger partial charge in [0.2, 0.25) is 0 Å². The maximum atomic E-state index is 11.2. The van der Waals surface area contributed by atoms with E-state index in [1.807, 2.05) is 0 Å². The van der Waals surface area contributed by atoms with Crippen molar-refractivity contribution < 1.29 is 5.11 Å². The van der Waals surface area contributed by atoms with Gasteiger partial charge in [0, 0.05) is 0 Å². The third-order valence-corrected chi connectivity index (χ3v) is 6.26. The summed E-state index contributed by atoms with van der Waals surface area (Å²) in [6.07, 6.45) is 12.5. The molecule has 5 unspecified atom stereocenters. The average Bonchev–Trinajstić information content (AvgIpc) is 2.57. The molecule has 1 N–H and O–H groups in total. The second-order valence-corrected chi connectivity index (χ2v) is 7.65. The molecule has 0 spiro atoms. The molecule has 0 aromatic heterocycles. The van der Waals surface area contributed by atoms with Crippen LogP contribution in [0.3, 0.4) is 0 Å². The normalized spacial score (nSPS) is 44.8. The lowest BCUT2D eigenvalue weighted by atomic mass is 9.67. The molecule has 2 rings (SSSR count). The molecule has 0 saturated heterocycles. The minimum atomic E-state index is -0.323. The summed E-state index contributed by atoms with van der Waals surface area (Å²) >= 11 is 0. The molecule has 5 atom stereocenters. The van der Waals surface area contributed by atoms with E-state index in [4.69, 9.17) is 0 Å². The van der Waals surface area contributed by atoms with Crippen molar-refractivity contribution in [1.29, 1.82) is 0 Å². The fourth-order valence-electron chi connectivity index (χ4n) is 4.56. The SMILES string of the molecule is CCCC1CCCC(O)(C2CCC(C)C(C)C2)CC1. The number of aliphatic hydroxyl groups is 1. The minimum absolute atomic E-state index is 0.323. The zero-order valence-corrected chi connectivity index (χ0v) is 13.3. The molecule has 2 aliphatic rings. The van der Waals surface area contributed by atoms with Crippen molar-refractivity contribution in [3.8, 4) is 0 Å². The van der Waals surface area contributed by atoms with E-state index >= 15 is 0 Å². The van der Waals surface area contributed by atoms with Crippen molar-refractivity contribution in [2.24, 2.45) is 23.7 Å². The molecule has 2 saturated carbocycles. The molecule has 0 bridgehead atoms. The fraction of sp³-hybridized carbons (Fsp3) is 1.00. The largest absolute Gasteiger partial charge is 0.390 e. The van der Waals surface area contributed by atoms with Gasteiger partial charge in [-0.1, -0.05) is 52.9 Å². The molecular formula is C18H34O. The Bertz CT molecular complexity index is 275. The van der Waals surface area contributed by atoms with E-state index in [9.17, 15) is 5.11 Å². The van der Waals surface area contributed by atoms with E-state index in [0.717, 1.165) is 30.6 Å². The highest BCUT2D eigenvalue weighted by atomic mass is 16.3. The second kappa shape index (κ2) is 6.61. The van der Waals surface area contributed by atoms with Crippen LogP contribution in [0.15, 0.2) is 0 Å². The minimum Gasteiger partial charge on any atom is -0.390 e. The summed E-state index contributed by atoms with van der Waals surface area (Å²) in [6, 6.07) is 0. The van der Waals surface area contributed by atoms with Gasteiger partial charge in [-0.05, 0) is 55.8 Å². The lowest BCUT2D eigenvalue weighted by Crippen LogP contribution is -2.41. The van der Waals surface area contributed by atoms with Gasteiger partial charge in [0.25, 0.3) is 0 Å². The highest BCUT2D eigenvalue weighted by molar-refractivity contribution is 4.92. The van der Waals surface area contributed by atoms with E-state index in [1.54, 1.807) is 0 Å². The maximum absolute atomic E-state index is 11.2. The zero-order chi connectivity index (χ0) is 13.9. The summed E-state index contributed by atoms with van der Waals surface area (Å²) in [5, 5.41) is 11.2. The topological polar surface area (TPSA) is 20.2 Å². The Balaban J connectivity index is 1.94. The number of hydrogen-bond acceptors (Lipinski definition) is 1. The van der Waals surface area contributed by atoms with Crippen LogP contribution in [-0.2, 0) is 0 Å². The highest BCUT2D eigenvalue weighted by Crippen LogP contribution is 2.45. The Hall–Kier alpha value is -0.0400. The molecule has 2 aliphatic carbocycles. The van der Waals surface area contributed by atoms with Crippen LogP contribution in [0.4, 0.5) is 0 Å². The van der Waals surface area contributed by atoms with Gasteiger partial charge in [-0.2, -0.15) is 0 Å². The van der Waals surface area contributed by atoms with E-state index in [1.165, 1.54) is 51.4 Å².